The van der Waals surface area contributed by atoms with Crippen LogP contribution in [0.2, 0.25) is 0 Å². The van der Waals surface area contributed by atoms with Crippen LogP contribution >= 0.6 is 0 Å². The van der Waals surface area contributed by atoms with E-state index in [0.29, 0.717) is 5.56 Å². The molecule has 1 saturated heterocycles. The third kappa shape index (κ3) is 3.82. The fourth-order valence-electron chi connectivity index (χ4n) is 4.25. The summed E-state index contributed by atoms with van der Waals surface area (Å²) < 4.78 is 5.91. The fraction of sp³-hybridized carbons (Fsp3) is 0.409. The van der Waals surface area contributed by atoms with Crippen LogP contribution < -0.4 is 5.32 Å². The van der Waals surface area contributed by atoms with E-state index in [1.807, 2.05) is 30.3 Å². The van der Waals surface area contributed by atoms with E-state index in [1.165, 1.54) is 11.1 Å². The molecule has 0 aliphatic carbocycles. The molecule has 6 nitrogen and oxygen atoms in total. The molecule has 4 atom stereocenters. The highest BCUT2D eigenvalue weighted by Gasteiger charge is 2.46. The molecule has 0 unspecified atom stereocenters. The second-order valence-corrected chi connectivity index (χ2v) is 7.44. The van der Waals surface area contributed by atoms with E-state index in [4.69, 9.17) is 4.74 Å². The maximum atomic E-state index is 12.4. The van der Waals surface area contributed by atoms with Crippen LogP contribution in [0.5, 0.6) is 0 Å². The summed E-state index contributed by atoms with van der Waals surface area (Å²) in [6.07, 6.45) is -0.911. The summed E-state index contributed by atoms with van der Waals surface area (Å²) >= 11 is 0. The van der Waals surface area contributed by atoms with Gasteiger partial charge < -0.3 is 20.3 Å². The van der Waals surface area contributed by atoms with E-state index in [2.05, 4.69) is 22.3 Å². The summed E-state index contributed by atoms with van der Waals surface area (Å²) in [5.74, 6) is -0.172. The van der Waals surface area contributed by atoms with Gasteiger partial charge in [-0.15, -0.1) is 0 Å². The number of ether oxygens (including phenoxy) is 1. The zero-order valence-corrected chi connectivity index (χ0v) is 15.7. The number of hydrogen-bond donors (Lipinski definition) is 3. The van der Waals surface area contributed by atoms with E-state index in [-0.39, 0.29) is 31.2 Å². The predicted molar refractivity (Wildman–Crippen MR) is 105 cm³/mol. The summed E-state index contributed by atoms with van der Waals surface area (Å²) in [5, 5.41) is 23.3. The van der Waals surface area contributed by atoms with E-state index in [1.54, 1.807) is 12.1 Å². The Kier molecular flexibility index (Phi) is 5.73. The molecule has 0 bridgehead atoms. The van der Waals surface area contributed by atoms with Crippen LogP contribution in [0.4, 0.5) is 0 Å². The highest BCUT2D eigenvalue weighted by Crippen LogP contribution is 2.30. The van der Waals surface area contributed by atoms with Crippen molar-refractivity contribution in [1.82, 2.24) is 10.2 Å². The highest BCUT2D eigenvalue weighted by molar-refractivity contribution is 5.94. The molecule has 2 aliphatic heterocycles. The number of amides is 1. The van der Waals surface area contributed by atoms with Crippen LogP contribution in [0.1, 0.15) is 21.5 Å². The van der Waals surface area contributed by atoms with Gasteiger partial charge in [0.05, 0.1) is 18.8 Å². The molecule has 148 valence electrons. The van der Waals surface area contributed by atoms with Gasteiger partial charge >= 0.3 is 0 Å². The van der Waals surface area contributed by atoms with Crippen molar-refractivity contribution in [3.05, 3.63) is 71.3 Å². The van der Waals surface area contributed by atoms with Crippen molar-refractivity contribution in [1.29, 1.82) is 0 Å². The predicted octanol–water partition coefficient (Wildman–Crippen LogP) is 0.964. The number of aliphatic hydroxyl groups excluding tert-OH is 2. The van der Waals surface area contributed by atoms with Gasteiger partial charge in [0, 0.05) is 25.2 Å². The molecule has 1 fully saturated rings. The van der Waals surface area contributed by atoms with Crippen LogP contribution in [0.3, 0.4) is 0 Å². The van der Waals surface area contributed by atoms with Gasteiger partial charge in [-0.2, -0.15) is 0 Å². The average Bonchev–Trinajstić information content (AvgIpc) is 3.07. The second-order valence-electron chi connectivity index (χ2n) is 7.44. The minimum atomic E-state index is -0.797. The number of benzene rings is 2. The lowest BCUT2D eigenvalue weighted by molar-refractivity contribution is -0.0209. The fourth-order valence-corrected chi connectivity index (χ4v) is 4.25. The SMILES string of the molecule is O=C(NC[C@@H]1O[C@@H](CO)[C@@H](O)[C@H]1N1CCc2ccccc2C1)c1ccccc1. The third-order valence-corrected chi connectivity index (χ3v) is 5.72. The molecule has 2 aromatic carbocycles. The minimum Gasteiger partial charge on any atom is -0.394 e. The Morgan fingerprint density at radius 1 is 1.07 bits per heavy atom. The monoisotopic (exact) mass is 382 g/mol. The first-order chi connectivity index (χ1) is 13.7. The quantitative estimate of drug-likeness (QED) is 0.718. The molecule has 2 heterocycles. The van der Waals surface area contributed by atoms with Gasteiger partial charge in [-0.3, -0.25) is 9.69 Å². The first-order valence-electron chi connectivity index (χ1n) is 9.76. The molecule has 0 aromatic heterocycles. The summed E-state index contributed by atoms with van der Waals surface area (Å²) in [7, 11) is 0. The van der Waals surface area contributed by atoms with Crippen molar-refractivity contribution in [3.8, 4) is 0 Å². The molecular weight excluding hydrogens is 356 g/mol. The van der Waals surface area contributed by atoms with Gasteiger partial charge in [-0.25, -0.2) is 0 Å². The van der Waals surface area contributed by atoms with Gasteiger partial charge in [-0.1, -0.05) is 42.5 Å². The first-order valence-corrected chi connectivity index (χ1v) is 9.76. The number of carbonyl (C=O) groups excluding carboxylic acids is 1. The summed E-state index contributed by atoms with van der Waals surface area (Å²) in [4.78, 5) is 14.6. The number of nitrogens with one attached hydrogen (secondary N) is 1. The Hall–Kier alpha value is -2.25. The van der Waals surface area contributed by atoms with Gasteiger partial charge in [0.25, 0.3) is 5.91 Å². The second kappa shape index (κ2) is 8.41. The van der Waals surface area contributed by atoms with Gasteiger partial charge in [0.1, 0.15) is 12.2 Å². The van der Waals surface area contributed by atoms with E-state index >= 15 is 0 Å². The number of aliphatic hydroxyl groups is 2. The van der Waals surface area contributed by atoms with E-state index in [0.717, 1.165) is 19.5 Å². The van der Waals surface area contributed by atoms with Crippen molar-refractivity contribution >= 4 is 5.91 Å². The molecule has 6 heteroatoms. The number of carbonyl (C=O) groups is 1. The van der Waals surface area contributed by atoms with Crippen LogP contribution in [-0.4, -0.2) is 65.1 Å². The molecule has 2 aliphatic rings. The van der Waals surface area contributed by atoms with Crippen molar-refractivity contribution in [2.24, 2.45) is 0 Å². The number of rotatable bonds is 5. The molecular formula is C22H26N2O4. The smallest absolute Gasteiger partial charge is 0.251 e. The maximum Gasteiger partial charge on any atom is 0.251 e. The average molecular weight is 382 g/mol. The molecule has 3 N–H and O–H groups in total. The lowest BCUT2D eigenvalue weighted by Crippen LogP contribution is -2.52. The zero-order valence-electron chi connectivity index (χ0n) is 15.7. The van der Waals surface area contributed by atoms with Gasteiger partial charge in [0.15, 0.2) is 0 Å². The lowest BCUT2D eigenvalue weighted by Gasteiger charge is -2.37. The zero-order chi connectivity index (χ0) is 19.5. The summed E-state index contributed by atoms with van der Waals surface area (Å²) in [5.41, 5.74) is 3.17. The Morgan fingerprint density at radius 2 is 1.79 bits per heavy atom. The summed E-state index contributed by atoms with van der Waals surface area (Å²) in [6, 6.07) is 17.1. The minimum absolute atomic E-state index is 0.172. The molecule has 2 aromatic rings. The molecule has 28 heavy (non-hydrogen) atoms. The van der Waals surface area contributed by atoms with Crippen LogP contribution in [0, 0.1) is 0 Å². The lowest BCUT2D eigenvalue weighted by atomic mass is 9.95. The Bertz CT molecular complexity index is 813. The Labute approximate surface area is 164 Å². The molecule has 0 spiro atoms. The standard InChI is InChI=1S/C22H26N2O4/c25-14-19-21(26)20(24-11-10-15-6-4-5-9-17(15)13-24)18(28-19)12-23-22(27)16-7-2-1-3-8-16/h1-9,18-21,25-26H,10-14H2,(H,23,27)/t18-,19-,20-,21+/m0/s1. The van der Waals surface area contributed by atoms with Gasteiger partial charge in [0.2, 0.25) is 0 Å². The van der Waals surface area contributed by atoms with Crippen molar-refractivity contribution in [2.75, 3.05) is 19.7 Å². The first kappa shape index (κ1) is 19.1. The molecule has 0 radical (unpaired) electrons. The third-order valence-electron chi connectivity index (χ3n) is 5.72. The normalized spacial score (nSPS) is 27.4. The highest BCUT2D eigenvalue weighted by atomic mass is 16.5. The van der Waals surface area contributed by atoms with E-state index < -0.39 is 12.2 Å². The van der Waals surface area contributed by atoms with E-state index in [9.17, 15) is 15.0 Å². The number of fused-ring (bicyclic) bond motifs is 1. The largest absolute Gasteiger partial charge is 0.394 e. The van der Waals surface area contributed by atoms with Gasteiger partial charge in [-0.05, 0) is 29.7 Å². The maximum absolute atomic E-state index is 12.4. The summed E-state index contributed by atoms with van der Waals surface area (Å²) in [6.45, 7) is 1.57. The topological polar surface area (TPSA) is 82.0 Å². The molecule has 4 rings (SSSR count). The van der Waals surface area contributed by atoms with Crippen LogP contribution in [0.15, 0.2) is 54.6 Å². The van der Waals surface area contributed by atoms with Crippen LogP contribution in [0.25, 0.3) is 0 Å². The van der Waals surface area contributed by atoms with Crippen molar-refractivity contribution in [2.45, 2.75) is 37.3 Å². The Balaban J connectivity index is 1.47. The van der Waals surface area contributed by atoms with Crippen molar-refractivity contribution < 1.29 is 19.7 Å². The Morgan fingerprint density at radius 3 is 2.54 bits per heavy atom. The van der Waals surface area contributed by atoms with Crippen molar-refractivity contribution in [3.63, 3.8) is 0 Å². The number of hydrogen-bond acceptors (Lipinski definition) is 5. The molecule has 1 amide bonds. The molecule has 0 saturated carbocycles. The number of nitrogens with zero attached hydrogens (tertiary/aromatic N) is 1. The van der Waals surface area contributed by atoms with Crippen LogP contribution in [-0.2, 0) is 17.7 Å².